The molecule has 1 aromatic carbocycles. The molecule has 0 saturated heterocycles. The lowest BCUT2D eigenvalue weighted by Crippen LogP contribution is -2.12. The molecule has 0 saturated carbocycles. The van der Waals surface area contributed by atoms with Crippen molar-refractivity contribution in [2.45, 2.75) is 11.1 Å². The third kappa shape index (κ3) is 3.88. The molecule has 5 nitrogen and oxygen atoms in total. The molecule has 0 aliphatic heterocycles. The van der Waals surface area contributed by atoms with Gasteiger partial charge in [-0.2, -0.15) is 0 Å². The molecule has 1 N–H and O–H groups in total. The summed E-state index contributed by atoms with van der Waals surface area (Å²) in [7, 11) is -3.60. The van der Waals surface area contributed by atoms with Gasteiger partial charge in [0.25, 0.3) is 10.0 Å². The molecule has 0 radical (unpaired) electrons. The molecule has 0 bridgehead atoms. The van der Waals surface area contributed by atoms with Crippen LogP contribution in [0.2, 0.25) is 0 Å². The smallest absolute Gasteiger partial charge is 0.272 e. The number of para-hydroxylation sites is 1. The van der Waals surface area contributed by atoms with Gasteiger partial charge in [-0.05, 0) is 43.3 Å². The minimum Gasteiger partial charge on any atom is -0.456 e. The quantitative estimate of drug-likeness (QED) is 0.757. The molecule has 118 valence electrons. The molecule has 0 spiro atoms. The Morgan fingerprint density at radius 3 is 2.39 bits per heavy atom. The molecule has 0 aliphatic rings. The van der Waals surface area contributed by atoms with E-state index in [0.717, 1.165) is 4.88 Å². The van der Waals surface area contributed by atoms with Crippen LogP contribution in [0, 0.1) is 6.92 Å². The number of rotatable bonds is 5. The molecule has 3 aromatic rings. The van der Waals surface area contributed by atoms with Crippen LogP contribution < -0.4 is 9.46 Å². The monoisotopic (exact) mass is 346 g/mol. The predicted molar refractivity (Wildman–Crippen MR) is 90.6 cm³/mol. The van der Waals surface area contributed by atoms with Crippen LogP contribution in [-0.2, 0) is 10.0 Å². The fourth-order valence-electron chi connectivity index (χ4n) is 1.87. The maximum absolute atomic E-state index is 12.2. The lowest BCUT2D eigenvalue weighted by molar-refractivity contribution is 0.480. The number of nitrogens with zero attached hydrogens (tertiary/aromatic N) is 1. The van der Waals surface area contributed by atoms with Crippen molar-refractivity contribution in [3.63, 3.8) is 0 Å². The van der Waals surface area contributed by atoms with Gasteiger partial charge < -0.3 is 4.74 Å². The van der Waals surface area contributed by atoms with Gasteiger partial charge in [-0.15, -0.1) is 11.3 Å². The topological polar surface area (TPSA) is 68.3 Å². The van der Waals surface area contributed by atoms with E-state index in [1.807, 2.05) is 37.3 Å². The summed E-state index contributed by atoms with van der Waals surface area (Å²) < 4.78 is 32.8. The summed E-state index contributed by atoms with van der Waals surface area (Å²) in [6.45, 7) is 1.86. The van der Waals surface area contributed by atoms with Crippen molar-refractivity contribution in [3.05, 3.63) is 65.7 Å². The van der Waals surface area contributed by atoms with E-state index in [0.29, 0.717) is 11.5 Å². The Morgan fingerprint density at radius 2 is 1.78 bits per heavy atom. The highest BCUT2D eigenvalue weighted by molar-refractivity contribution is 7.94. The first-order valence-electron chi connectivity index (χ1n) is 6.81. The number of thiophene rings is 1. The average molecular weight is 346 g/mol. The first-order valence-corrected chi connectivity index (χ1v) is 9.11. The molecule has 23 heavy (non-hydrogen) atoms. The van der Waals surface area contributed by atoms with Crippen molar-refractivity contribution < 1.29 is 13.2 Å². The standard InChI is InChI=1S/C16H14N2O3S2/c1-12-7-10-16(22-12)23(19,20)18-15-9-8-14(11-17-15)21-13-5-3-2-4-6-13/h2-11H,1H3,(H,17,18). The number of ether oxygens (including phenoxy) is 1. The van der Waals surface area contributed by atoms with Crippen LogP contribution >= 0.6 is 11.3 Å². The molecular weight excluding hydrogens is 332 g/mol. The van der Waals surface area contributed by atoms with Crippen molar-refractivity contribution in [2.75, 3.05) is 4.72 Å². The Labute approximate surface area is 138 Å². The lowest BCUT2D eigenvalue weighted by atomic mass is 10.3. The molecule has 0 atom stereocenters. The normalized spacial score (nSPS) is 11.2. The minimum atomic E-state index is -3.60. The van der Waals surface area contributed by atoms with Crippen molar-refractivity contribution in [2.24, 2.45) is 0 Å². The molecule has 2 aromatic heterocycles. The van der Waals surface area contributed by atoms with Crippen molar-refractivity contribution in [1.82, 2.24) is 4.98 Å². The Hall–Kier alpha value is -2.38. The third-order valence-corrected chi connectivity index (χ3v) is 5.78. The van der Waals surface area contributed by atoms with Crippen LogP contribution in [0.5, 0.6) is 11.5 Å². The Bertz CT molecular complexity index is 889. The fraction of sp³-hybridized carbons (Fsp3) is 0.0625. The van der Waals surface area contributed by atoms with Gasteiger partial charge in [0.05, 0.1) is 6.20 Å². The summed E-state index contributed by atoms with van der Waals surface area (Å²) in [6.07, 6.45) is 1.48. The summed E-state index contributed by atoms with van der Waals surface area (Å²) >= 11 is 1.22. The van der Waals surface area contributed by atoms with Gasteiger partial charge in [0.15, 0.2) is 0 Å². The highest BCUT2D eigenvalue weighted by Gasteiger charge is 2.16. The molecule has 3 rings (SSSR count). The number of aryl methyl sites for hydroxylation is 1. The second-order valence-electron chi connectivity index (χ2n) is 4.76. The second kappa shape index (κ2) is 6.39. The third-order valence-electron chi connectivity index (χ3n) is 2.93. The van der Waals surface area contributed by atoms with Crippen LogP contribution in [0.15, 0.2) is 65.0 Å². The van der Waals surface area contributed by atoms with Gasteiger partial charge in [-0.25, -0.2) is 13.4 Å². The van der Waals surface area contributed by atoms with Crippen LogP contribution in [0.3, 0.4) is 0 Å². The zero-order valence-electron chi connectivity index (χ0n) is 12.3. The zero-order valence-corrected chi connectivity index (χ0v) is 13.9. The van der Waals surface area contributed by atoms with E-state index >= 15 is 0 Å². The van der Waals surface area contributed by atoms with Gasteiger partial charge in [0, 0.05) is 4.88 Å². The summed E-state index contributed by atoms with van der Waals surface area (Å²) in [6, 6.07) is 15.9. The van der Waals surface area contributed by atoms with Gasteiger partial charge in [-0.3, -0.25) is 4.72 Å². The molecule has 0 unspecified atom stereocenters. The van der Waals surface area contributed by atoms with Crippen LogP contribution in [0.1, 0.15) is 4.88 Å². The van der Waals surface area contributed by atoms with Crippen LogP contribution in [0.4, 0.5) is 5.82 Å². The number of sulfonamides is 1. The Morgan fingerprint density at radius 1 is 1.00 bits per heavy atom. The van der Waals surface area contributed by atoms with Crippen molar-refractivity contribution >= 4 is 27.2 Å². The van der Waals surface area contributed by atoms with Gasteiger partial charge in [0.1, 0.15) is 21.5 Å². The fourth-order valence-corrected chi connectivity index (χ4v) is 4.16. The van der Waals surface area contributed by atoms with Gasteiger partial charge in [-0.1, -0.05) is 18.2 Å². The number of hydrogen-bond donors (Lipinski definition) is 1. The molecule has 0 fully saturated rings. The van der Waals surface area contributed by atoms with E-state index in [4.69, 9.17) is 4.74 Å². The number of pyridine rings is 1. The number of benzene rings is 1. The van der Waals surface area contributed by atoms with E-state index < -0.39 is 10.0 Å². The first-order chi connectivity index (χ1) is 11.0. The summed E-state index contributed by atoms with van der Waals surface area (Å²) in [4.78, 5) is 5.02. The van der Waals surface area contributed by atoms with E-state index in [2.05, 4.69) is 9.71 Å². The van der Waals surface area contributed by atoms with E-state index in [9.17, 15) is 8.42 Å². The lowest BCUT2D eigenvalue weighted by Gasteiger charge is -2.07. The number of anilines is 1. The average Bonchev–Trinajstić information content (AvgIpc) is 2.98. The van der Waals surface area contributed by atoms with Gasteiger partial charge >= 0.3 is 0 Å². The van der Waals surface area contributed by atoms with E-state index in [1.54, 1.807) is 24.3 Å². The molecule has 0 amide bonds. The number of hydrogen-bond acceptors (Lipinski definition) is 5. The van der Waals surface area contributed by atoms with Crippen LogP contribution in [-0.4, -0.2) is 13.4 Å². The minimum absolute atomic E-state index is 0.247. The summed E-state index contributed by atoms with van der Waals surface area (Å²) in [5.74, 6) is 1.47. The van der Waals surface area contributed by atoms with Crippen LogP contribution in [0.25, 0.3) is 0 Å². The highest BCUT2D eigenvalue weighted by atomic mass is 32.2. The Balaban J connectivity index is 1.72. The summed E-state index contributed by atoms with van der Waals surface area (Å²) in [5, 5.41) is 0. The molecule has 0 aliphatic carbocycles. The number of aromatic nitrogens is 1. The van der Waals surface area contributed by atoms with E-state index in [-0.39, 0.29) is 10.0 Å². The molecular formula is C16H14N2O3S2. The molecule has 2 heterocycles. The van der Waals surface area contributed by atoms with Crippen molar-refractivity contribution in [1.29, 1.82) is 0 Å². The van der Waals surface area contributed by atoms with E-state index in [1.165, 1.54) is 17.5 Å². The first kappa shape index (κ1) is 15.5. The highest BCUT2D eigenvalue weighted by Crippen LogP contribution is 2.24. The number of nitrogens with one attached hydrogen (secondary N) is 1. The SMILES string of the molecule is Cc1ccc(S(=O)(=O)Nc2ccc(Oc3ccccc3)cn2)s1. The van der Waals surface area contributed by atoms with Crippen molar-refractivity contribution in [3.8, 4) is 11.5 Å². The largest absolute Gasteiger partial charge is 0.456 e. The maximum Gasteiger partial charge on any atom is 0.272 e. The van der Waals surface area contributed by atoms with Gasteiger partial charge in [0.2, 0.25) is 0 Å². The molecule has 7 heteroatoms. The second-order valence-corrected chi connectivity index (χ2v) is 7.96. The zero-order chi connectivity index (χ0) is 16.3. The maximum atomic E-state index is 12.2. The Kier molecular flexibility index (Phi) is 4.31. The predicted octanol–water partition coefficient (Wildman–Crippen LogP) is 4.04. The summed E-state index contributed by atoms with van der Waals surface area (Å²) in [5.41, 5.74) is 0.